The van der Waals surface area contributed by atoms with Crippen molar-refractivity contribution in [1.82, 2.24) is 5.32 Å². The summed E-state index contributed by atoms with van der Waals surface area (Å²) in [7, 11) is 0. The highest BCUT2D eigenvalue weighted by molar-refractivity contribution is 14.1. The van der Waals surface area contributed by atoms with E-state index in [4.69, 9.17) is 0 Å². The third-order valence-electron chi connectivity index (χ3n) is 2.97. The predicted octanol–water partition coefficient (Wildman–Crippen LogP) is 2.43. The van der Waals surface area contributed by atoms with Crippen molar-refractivity contribution in [1.29, 1.82) is 0 Å². The minimum Gasteiger partial charge on any atom is -0.388 e. The van der Waals surface area contributed by atoms with Crippen LogP contribution in [0.4, 0.5) is 0 Å². The van der Waals surface area contributed by atoms with Crippen LogP contribution in [0.1, 0.15) is 31.1 Å². The second-order valence-electron chi connectivity index (χ2n) is 4.67. The molecule has 0 fully saturated rings. The van der Waals surface area contributed by atoms with Gasteiger partial charge in [0, 0.05) is 10.1 Å². The number of hydrogen-bond donors (Lipinski definition) is 2. The highest BCUT2D eigenvalue weighted by atomic mass is 127. The van der Waals surface area contributed by atoms with Crippen LogP contribution in [0.25, 0.3) is 0 Å². The number of halogens is 1. The van der Waals surface area contributed by atoms with Crippen LogP contribution in [0.3, 0.4) is 0 Å². The van der Waals surface area contributed by atoms with E-state index in [0.717, 1.165) is 3.57 Å². The minimum atomic E-state index is -0.879. The first-order chi connectivity index (χ1) is 7.84. The summed E-state index contributed by atoms with van der Waals surface area (Å²) in [6.45, 7) is 5.85. The lowest BCUT2D eigenvalue weighted by atomic mass is 9.92. The van der Waals surface area contributed by atoms with Crippen molar-refractivity contribution in [2.45, 2.75) is 26.4 Å². The molecule has 2 N–H and O–H groups in total. The molecule has 1 aromatic carbocycles. The largest absolute Gasteiger partial charge is 0.388 e. The van der Waals surface area contributed by atoms with Crippen LogP contribution >= 0.6 is 22.6 Å². The summed E-state index contributed by atoms with van der Waals surface area (Å²) < 4.78 is 0.909. The van der Waals surface area contributed by atoms with Gasteiger partial charge in [-0.1, -0.05) is 26.0 Å². The maximum atomic E-state index is 11.9. The first kappa shape index (κ1) is 14.4. The zero-order valence-corrected chi connectivity index (χ0v) is 12.5. The lowest BCUT2D eigenvalue weighted by Gasteiger charge is -2.27. The zero-order valence-electron chi connectivity index (χ0n) is 10.3. The molecule has 0 aliphatic heterocycles. The maximum Gasteiger partial charge on any atom is 0.252 e. The number of carbonyl (C=O) groups excluding carboxylic acids is 1. The summed E-state index contributed by atoms with van der Waals surface area (Å²) in [5, 5.41) is 12.8. The lowest BCUT2D eigenvalue weighted by Crippen LogP contribution is -2.44. The second kappa shape index (κ2) is 5.82. The Morgan fingerprint density at radius 3 is 2.59 bits per heavy atom. The molecule has 1 rings (SSSR count). The molecule has 0 saturated carbocycles. The molecule has 0 heterocycles. The van der Waals surface area contributed by atoms with E-state index in [-0.39, 0.29) is 18.4 Å². The molecule has 3 nitrogen and oxygen atoms in total. The van der Waals surface area contributed by atoms with Crippen molar-refractivity contribution < 1.29 is 9.90 Å². The number of rotatable bonds is 4. The Morgan fingerprint density at radius 2 is 2.06 bits per heavy atom. The summed E-state index contributed by atoms with van der Waals surface area (Å²) in [5.41, 5.74) is -0.233. The van der Waals surface area contributed by atoms with Crippen LogP contribution < -0.4 is 5.32 Å². The normalized spacial score (nSPS) is 14.5. The Hall–Kier alpha value is -0.620. The van der Waals surface area contributed by atoms with Gasteiger partial charge >= 0.3 is 0 Å². The number of nitrogens with one attached hydrogen (secondary N) is 1. The number of hydrogen-bond acceptors (Lipinski definition) is 2. The number of benzene rings is 1. The van der Waals surface area contributed by atoms with Crippen molar-refractivity contribution in [3.63, 3.8) is 0 Å². The molecular weight excluding hydrogens is 329 g/mol. The van der Waals surface area contributed by atoms with Crippen molar-refractivity contribution in [2.75, 3.05) is 6.54 Å². The quantitative estimate of drug-likeness (QED) is 0.822. The van der Waals surface area contributed by atoms with E-state index in [0.29, 0.717) is 5.56 Å². The molecule has 0 radical (unpaired) electrons. The standard InChI is InChI=1S/C13H18INO2/c1-9(2)13(3,17)8-15-12(16)10-6-4-5-7-11(10)14/h4-7,9,17H,8H2,1-3H3,(H,15,16). The van der Waals surface area contributed by atoms with Crippen molar-refractivity contribution in [2.24, 2.45) is 5.92 Å². The molecular formula is C13H18INO2. The molecule has 1 unspecified atom stereocenters. The molecule has 0 aromatic heterocycles. The Labute approximate surface area is 116 Å². The Kier molecular flexibility index (Phi) is 4.94. The fourth-order valence-corrected chi connectivity index (χ4v) is 1.84. The summed E-state index contributed by atoms with van der Waals surface area (Å²) in [6, 6.07) is 7.39. The van der Waals surface area contributed by atoms with Gasteiger partial charge < -0.3 is 10.4 Å². The van der Waals surface area contributed by atoms with Crippen LogP contribution in [-0.2, 0) is 0 Å². The van der Waals surface area contributed by atoms with E-state index in [1.165, 1.54) is 0 Å². The van der Waals surface area contributed by atoms with E-state index >= 15 is 0 Å². The second-order valence-corrected chi connectivity index (χ2v) is 5.84. The van der Waals surface area contributed by atoms with Gasteiger partial charge in [-0.05, 0) is 47.6 Å². The average Bonchev–Trinajstić information content (AvgIpc) is 2.26. The molecule has 0 aliphatic rings. The number of amides is 1. The summed E-state index contributed by atoms with van der Waals surface area (Å²) >= 11 is 2.13. The Bertz CT molecular complexity index is 402. The van der Waals surface area contributed by atoms with Crippen molar-refractivity contribution in [3.05, 3.63) is 33.4 Å². The van der Waals surface area contributed by atoms with Crippen LogP contribution in [0.5, 0.6) is 0 Å². The number of aliphatic hydroxyl groups is 1. The Morgan fingerprint density at radius 1 is 1.47 bits per heavy atom. The van der Waals surface area contributed by atoms with E-state index in [9.17, 15) is 9.90 Å². The molecule has 17 heavy (non-hydrogen) atoms. The van der Waals surface area contributed by atoms with Gasteiger partial charge in [-0.2, -0.15) is 0 Å². The van der Waals surface area contributed by atoms with E-state index in [1.807, 2.05) is 32.0 Å². The molecule has 1 atom stereocenters. The molecule has 0 aliphatic carbocycles. The summed E-state index contributed by atoms with van der Waals surface area (Å²) in [5.74, 6) is -0.0476. The third-order valence-corrected chi connectivity index (χ3v) is 3.91. The summed E-state index contributed by atoms with van der Waals surface area (Å²) in [6.07, 6.45) is 0. The summed E-state index contributed by atoms with van der Waals surface area (Å²) in [4.78, 5) is 11.9. The van der Waals surface area contributed by atoms with E-state index in [1.54, 1.807) is 13.0 Å². The van der Waals surface area contributed by atoms with Gasteiger partial charge in [0.2, 0.25) is 0 Å². The third kappa shape index (κ3) is 3.96. The monoisotopic (exact) mass is 347 g/mol. The molecule has 1 amide bonds. The van der Waals surface area contributed by atoms with Crippen molar-refractivity contribution in [3.8, 4) is 0 Å². The van der Waals surface area contributed by atoms with Crippen molar-refractivity contribution >= 4 is 28.5 Å². The van der Waals surface area contributed by atoms with Gasteiger partial charge in [0.15, 0.2) is 0 Å². The minimum absolute atomic E-state index is 0.0950. The van der Waals surface area contributed by atoms with Crippen LogP contribution in [-0.4, -0.2) is 23.2 Å². The fraction of sp³-hybridized carbons (Fsp3) is 0.462. The SMILES string of the molecule is CC(C)C(C)(O)CNC(=O)c1ccccc1I. The molecule has 0 spiro atoms. The van der Waals surface area contributed by atoms with Crippen LogP contribution in [0.15, 0.2) is 24.3 Å². The van der Waals surface area contributed by atoms with Crippen LogP contribution in [0.2, 0.25) is 0 Å². The van der Waals surface area contributed by atoms with Gasteiger partial charge in [0.1, 0.15) is 0 Å². The topological polar surface area (TPSA) is 49.3 Å². The molecule has 4 heteroatoms. The van der Waals surface area contributed by atoms with E-state index < -0.39 is 5.60 Å². The van der Waals surface area contributed by atoms with Gasteiger partial charge in [-0.3, -0.25) is 4.79 Å². The van der Waals surface area contributed by atoms with Gasteiger partial charge in [0.05, 0.1) is 11.2 Å². The predicted molar refractivity (Wildman–Crippen MR) is 77.0 cm³/mol. The van der Waals surface area contributed by atoms with E-state index in [2.05, 4.69) is 27.9 Å². The van der Waals surface area contributed by atoms with Gasteiger partial charge in [-0.25, -0.2) is 0 Å². The Balaban J connectivity index is 2.66. The fourth-order valence-electron chi connectivity index (χ4n) is 1.20. The molecule has 0 bridgehead atoms. The molecule has 1 aromatic rings. The molecule has 94 valence electrons. The highest BCUT2D eigenvalue weighted by Gasteiger charge is 2.25. The zero-order chi connectivity index (χ0) is 13.1. The number of carbonyl (C=O) groups is 1. The van der Waals surface area contributed by atoms with Gasteiger partial charge in [0.25, 0.3) is 5.91 Å². The first-order valence-corrected chi connectivity index (χ1v) is 6.67. The van der Waals surface area contributed by atoms with Crippen LogP contribution in [0, 0.1) is 9.49 Å². The lowest BCUT2D eigenvalue weighted by molar-refractivity contribution is 0.0142. The molecule has 0 saturated heterocycles. The average molecular weight is 347 g/mol. The smallest absolute Gasteiger partial charge is 0.252 e. The highest BCUT2D eigenvalue weighted by Crippen LogP contribution is 2.15. The first-order valence-electron chi connectivity index (χ1n) is 5.59. The van der Waals surface area contributed by atoms with Gasteiger partial charge in [-0.15, -0.1) is 0 Å². The maximum absolute atomic E-state index is 11.9.